The molecule has 1 rings (SSSR count). The van der Waals surface area contributed by atoms with E-state index in [-0.39, 0.29) is 6.61 Å². The fraction of sp³-hybridized carbons (Fsp3) is 0.250. The van der Waals surface area contributed by atoms with E-state index < -0.39 is 5.97 Å². The van der Waals surface area contributed by atoms with Gasteiger partial charge in [0, 0.05) is 6.08 Å². The Morgan fingerprint density at radius 3 is 2.60 bits per heavy atom. The number of hydrogen-bond donors (Lipinski definition) is 2. The molecule has 0 bridgehead atoms. The molecule has 0 amide bonds. The van der Waals surface area contributed by atoms with Crippen LogP contribution in [0, 0.1) is 13.8 Å². The molecule has 0 saturated heterocycles. The lowest BCUT2D eigenvalue weighted by Gasteiger charge is -2.08. The highest BCUT2D eigenvalue weighted by Crippen LogP contribution is 2.19. The minimum atomic E-state index is -1.04. The van der Waals surface area contributed by atoms with Gasteiger partial charge in [0.2, 0.25) is 0 Å². The van der Waals surface area contributed by atoms with E-state index in [0.29, 0.717) is 5.57 Å². The normalized spacial score (nSPS) is 11.5. The Bertz CT molecular complexity index is 405. The molecule has 80 valence electrons. The number of aliphatic hydroxyl groups excluding tert-OH is 1. The zero-order valence-electron chi connectivity index (χ0n) is 8.82. The Hall–Kier alpha value is -1.61. The van der Waals surface area contributed by atoms with Gasteiger partial charge in [0.1, 0.15) is 0 Å². The van der Waals surface area contributed by atoms with Gasteiger partial charge in [-0.05, 0) is 30.5 Å². The zero-order chi connectivity index (χ0) is 11.4. The predicted molar refractivity (Wildman–Crippen MR) is 58.6 cm³/mol. The molecule has 0 saturated carbocycles. The minimum Gasteiger partial charge on any atom is -0.478 e. The maximum absolute atomic E-state index is 10.6. The van der Waals surface area contributed by atoms with Crippen molar-refractivity contribution in [1.29, 1.82) is 0 Å². The fourth-order valence-corrected chi connectivity index (χ4v) is 1.44. The molecule has 0 aliphatic rings. The first-order chi connectivity index (χ1) is 7.04. The third-order valence-electron chi connectivity index (χ3n) is 2.21. The SMILES string of the molecule is Cc1ccc(C)c(/C(=C/C(=O)O)CO)c1. The van der Waals surface area contributed by atoms with Crippen LogP contribution in [0.15, 0.2) is 24.3 Å². The van der Waals surface area contributed by atoms with Crippen molar-refractivity contribution >= 4 is 11.5 Å². The van der Waals surface area contributed by atoms with Crippen LogP contribution in [0.5, 0.6) is 0 Å². The number of rotatable bonds is 3. The number of carbonyl (C=O) groups is 1. The molecule has 1 aromatic carbocycles. The molecule has 0 aliphatic carbocycles. The Morgan fingerprint density at radius 1 is 1.40 bits per heavy atom. The molecule has 15 heavy (non-hydrogen) atoms. The average Bonchev–Trinajstić information content (AvgIpc) is 2.18. The van der Waals surface area contributed by atoms with E-state index in [0.717, 1.165) is 22.8 Å². The van der Waals surface area contributed by atoms with E-state index in [1.54, 1.807) is 0 Å². The number of aliphatic hydroxyl groups is 1. The smallest absolute Gasteiger partial charge is 0.328 e. The predicted octanol–water partition coefficient (Wildman–Crippen LogP) is 1.76. The largest absolute Gasteiger partial charge is 0.478 e. The van der Waals surface area contributed by atoms with E-state index in [1.165, 1.54) is 0 Å². The fourth-order valence-electron chi connectivity index (χ4n) is 1.44. The summed E-state index contributed by atoms with van der Waals surface area (Å²) in [5.74, 6) is -1.04. The second-order valence-corrected chi connectivity index (χ2v) is 3.48. The summed E-state index contributed by atoms with van der Waals surface area (Å²) in [7, 11) is 0. The van der Waals surface area contributed by atoms with Gasteiger partial charge in [-0.3, -0.25) is 0 Å². The van der Waals surface area contributed by atoms with Crippen molar-refractivity contribution in [3.05, 3.63) is 41.0 Å². The third-order valence-corrected chi connectivity index (χ3v) is 2.21. The zero-order valence-corrected chi connectivity index (χ0v) is 8.82. The van der Waals surface area contributed by atoms with Crippen LogP contribution in [0.4, 0.5) is 0 Å². The van der Waals surface area contributed by atoms with E-state index in [9.17, 15) is 4.79 Å². The van der Waals surface area contributed by atoms with Crippen LogP contribution >= 0.6 is 0 Å². The van der Waals surface area contributed by atoms with Crippen molar-refractivity contribution < 1.29 is 15.0 Å². The Kier molecular flexibility index (Phi) is 3.63. The average molecular weight is 206 g/mol. The van der Waals surface area contributed by atoms with Crippen molar-refractivity contribution in [2.24, 2.45) is 0 Å². The number of hydrogen-bond acceptors (Lipinski definition) is 2. The maximum atomic E-state index is 10.6. The summed E-state index contributed by atoms with van der Waals surface area (Å²) in [6.45, 7) is 3.55. The molecule has 0 aromatic heterocycles. The van der Waals surface area contributed by atoms with Crippen LogP contribution in [0.1, 0.15) is 16.7 Å². The van der Waals surface area contributed by atoms with Gasteiger partial charge in [-0.1, -0.05) is 23.8 Å². The molecule has 3 heteroatoms. The van der Waals surface area contributed by atoms with Gasteiger partial charge in [-0.2, -0.15) is 0 Å². The van der Waals surface area contributed by atoms with Crippen molar-refractivity contribution in [2.45, 2.75) is 13.8 Å². The molecule has 0 radical (unpaired) electrons. The first-order valence-electron chi connectivity index (χ1n) is 4.66. The lowest BCUT2D eigenvalue weighted by molar-refractivity contribution is -0.131. The Morgan fingerprint density at radius 2 is 2.07 bits per heavy atom. The van der Waals surface area contributed by atoms with Crippen LogP contribution in [0.25, 0.3) is 5.57 Å². The highest BCUT2D eigenvalue weighted by atomic mass is 16.4. The molecule has 0 spiro atoms. The van der Waals surface area contributed by atoms with Crippen LogP contribution in [0.3, 0.4) is 0 Å². The summed E-state index contributed by atoms with van der Waals surface area (Å²) in [5.41, 5.74) is 3.23. The van der Waals surface area contributed by atoms with Gasteiger partial charge in [0.15, 0.2) is 0 Å². The number of aryl methyl sites for hydroxylation is 2. The van der Waals surface area contributed by atoms with Gasteiger partial charge in [-0.15, -0.1) is 0 Å². The topological polar surface area (TPSA) is 57.5 Å². The molecule has 1 aromatic rings. The van der Waals surface area contributed by atoms with Crippen LogP contribution in [-0.2, 0) is 4.79 Å². The van der Waals surface area contributed by atoms with E-state index in [1.807, 2.05) is 32.0 Å². The summed E-state index contributed by atoms with van der Waals surface area (Å²) >= 11 is 0. The first-order valence-corrected chi connectivity index (χ1v) is 4.66. The lowest BCUT2D eigenvalue weighted by atomic mass is 9.98. The maximum Gasteiger partial charge on any atom is 0.328 e. The molecule has 0 heterocycles. The Balaban J connectivity index is 3.23. The summed E-state index contributed by atoms with van der Waals surface area (Å²) in [4.78, 5) is 10.6. The van der Waals surface area contributed by atoms with Crippen molar-refractivity contribution in [3.63, 3.8) is 0 Å². The van der Waals surface area contributed by atoms with E-state index in [4.69, 9.17) is 10.2 Å². The summed E-state index contributed by atoms with van der Waals surface area (Å²) in [5, 5.41) is 17.8. The molecular weight excluding hydrogens is 192 g/mol. The second-order valence-electron chi connectivity index (χ2n) is 3.48. The monoisotopic (exact) mass is 206 g/mol. The van der Waals surface area contributed by atoms with Crippen LogP contribution in [-0.4, -0.2) is 22.8 Å². The van der Waals surface area contributed by atoms with Crippen molar-refractivity contribution in [2.75, 3.05) is 6.61 Å². The summed E-state index contributed by atoms with van der Waals surface area (Å²) in [6.07, 6.45) is 1.04. The quantitative estimate of drug-likeness (QED) is 0.741. The summed E-state index contributed by atoms with van der Waals surface area (Å²) in [6, 6.07) is 5.74. The van der Waals surface area contributed by atoms with Gasteiger partial charge >= 0.3 is 5.97 Å². The number of benzene rings is 1. The molecule has 0 unspecified atom stereocenters. The van der Waals surface area contributed by atoms with E-state index in [2.05, 4.69) is 0 Å². The standard InChI is InChI=1S/C12H14O3/c1-8-3-4-9(2)11(5-8)10(7-13)6-12(14)15/h3-6,13H,7H2,1-2H3,(H,14,15)/b10-6+. The molecule has 2 N–H and O–H groups in total. The first kappa shape index (κ1) is 11.5. The molecule has 0 fully saturated rings. The number of carboxylic acids is 1. The van der Waals surface area contributed by atoms with Gasteiger partial charge < -0.3 is 10.2 Å². The molecular formula is C12H14O3. The van der Waals surface area contributed by atoms with Crippen LogP contribution < -0.4 is 0 Å². The van der Waals surface area contributed by atoms with Gasteiger partial charge in [0.05, 0.1) is 6.61 Å². The Labute approximate surface area is 88.7 Å². The van der Waals surface area contributed by atoms with Crippen LogP contribution in [0.2, 0.25) is 0 Å². The van der Waals surface area contributed by atoms with E-state index >= 15 is 0 Å². The second kappa shape index (κ2) is 4.75. The molecule has 0 atom stereocenters. The molecule has 3 nitrogen and oxygen atoms in total. The highest BCUT2D eigenvalue weighted by molar-refractivity contribution is 5.90. The van der Waals surface area contributed by atoms with Crippen molar-refractivity contribution in [1.82, 2.24) is 0 Å². The molecule has 0 aliphatic heterocycles. The van der Waals surface area contributed by atoms with Gasteiger partial charge in [-0.25, -0.2) is 4.79 Å². The number of carboxylic acid groups (broad SMARTS) is 1. The number of aliphatic carboxylic acids is 1. The minimum absolute atomic E-state index is 0.267. The lowest BCUT2D eigenvalue weighted by Crippen LogP contribution is -1.99. The van der Waals surface area contributed by atoms with Crippen molar-refractivity contribution in [3.8, 4) is 0 Å². The third kappa shape index (κ3) is 2.92. The van der Waals surface area contributed by atoms with Gasteiger partial charge in [0.25, 0.3) is 0 Å². The highest BCUT2D eigenvalue weighted by Gasteiger charge is 2.06. The summed E-state index contributed by atoms with van der Waals surface area (Å²) < 4.78 is 0.